The van der Waals surface area contributed by atoms with Crippen LogP contribution in [0.5, 0.6) is 0 Å². The molecule has 0 bridgehead atoms. The van der Waals surface area contributed by atoms with Gasteiger partial charge in [0.05, 0.1) is 16.9 Å². The summed E-state index contributed by atoms with van der Waals surface area (Å²) in [6.07, 6.45) is -2.63. The number of carbonyl (C=O) groups excluding carboxylic acids is 1. The number of aromatic nitrogens is 3. The van der Waals surface area contributed by atoms with Crippen LogP contribution >= 0.6 is 0 Å². The van der Waals surface area contributed by atoms with Gasteiger partial charge in [0.25, 0.3) is 5.91 Å². The van der Waals surface area contributed by atoms with E-state index in [-0.39, 0.29) is 22.8 Å². The largest absolute Gasteiger partial charge is 0.314 e. The molecule has 8 heteroatoms. The van der Waals surface area contributed by atoms with Crippen molar-refractivity contribution >= 4 is 11.7 Å². The molecule has 5 nitrogen and oxygen atoms in total. The minimum Gasteiger partial charge on any atom is -0.314 e. The molecule has 0 aliphatic carbocycles. The number of H-pyrrole nitrogens is 1. The summed E-state index contributed by atoms with van der Waals surface area (Å²) in [5.74, 6) is -4.18. The second-order valence-corrected chi connectivity index (χ2v) is 6.31. The van der Waals surface area contributed by atoms with Gasteiger partial charge in [-0.2, -0.15) is 13.9 Å². The Bertz CT molecular complexity index is 1020. The number of alkyl halides is 3. The molecular formula is C18H15F3N4O. The predicted octanol–water partition coefficient (Wildman–Crippen LogP) is 4.19. The summed E-state index contributed by atoms with van der Waals surface area (Å²) in [5, 5.41) is 9.05. The highest BCUT2D eigenvalue weighted by Crippen LogP contribution is 2.51. The van der Waals surface area contributed by atoms with Gasteiger partial charge in [-0.15, -0.1) is 0 Å². The summed E-state index contributed by atoms with van der Waals surface area (Å²) in [5.41, 5.74) is 0.510. The molecular weight excluding hydrogens is 345 g/mol. The summed E-state index contributed by atoms with van der Waals surface area (Å²) >= 11 is 0. The fourth-order valence-electron chi connectivity index (χ4n) is 3.33. The summed E-state index contributed by atoms with van der Waals surface area (Å²) in [7, 11) is 0. The molecule has 0 saturated heterocycles. The van der Waals surface area contributed by atoms with Crippen LogP contribution in [0.25, 0.3) is 5.69 Å². The highest BCUT2D eigenvalue weighted by molar-refractivity contribution is 6.05. The molecule has 0 spiro atoms. The van der Waals surface area contributed by atoms with Crippen LogP contribution in [0.2, 0.25) is 0 Å². The van der Waals surface area contributed by atoms with E-state index in [4.69, 9.17) is 0 Å². The van der Waals surface area contributed by atoms with E-state index in [9.17, 15) is 18.0 Å². The molecule has 1 atom stereocenters. The van der Waals surface area contributed by atoms with E-state index < -0.39 is 23.6 Å². The van der Waals surface area contributed by atoms with Crippen LogP contribution in [0, 0.1) is 13.8 Å². The molecule has 1 unspecified atom stereocenters. The average molecular weight is 360 g/mol. The zero-order chi connectivity index (χ0) is 18.6. The Morgan fingerprint density at radius 2 is 2.00 bits per heavy atom. The summed E-state index contributed by atoms with van der Waals surface area (Å²) < 4.78 is 45.4. The Labute approximate surface area is 146 Å². The third-order valence-electron chi connectivity index (χ3n) is 4.48. The van der Waals surface area contributed by atoms with Crippen LogP contribution in [0.15, 0.2) is 36.4 Å². The van der Waals surface area contributed by atoms with E-state index >= 15 is 0 Å². The van der Waals surface area contributed by atoms with Gasteiger partial charge in [-0.3, -0.25) is 9.89 Å². The SMILES string of the molecule is Cc1cc(NC(=O)c2cc(C)n3c2C(F)C(F)(F)c2ccccc2-3)n[nH]1. The maximum absolute atomic E-state index is 14.8. The molecule has 3 aromatic rings. The second-order valence-electron chi connectivity index (χ2n) is 6.31. The number of hydrogen-bond donors (Lipinski definition) is 2. The molecule has 2 N–H and O–H groups in total. The Hall–Kier alpha value is -3.03. The van der Waals surface area contributed by atoms with Crippen LogP contribution in [0.1, 0.15) is 39.2 Å². The van der Waals surface area contributed by atoms with E-state index in [1.807, 2.05) is 0 Å². The van der Waals surface area contributed by atoms with Gasteiger partial charge in [0.2, 0.25) is 6.17 Å². The predicted molar refractivity (Wildman–Crippen MR) is 89.5 cm³/mol. The van der Waals surface area contributed by atoms with E-state index in [1.165, 1.54) is 28.8 Å². The zero-order valence-electron chi connectivity index (χ0n) is 14.0. The first-order valence-electron chi connectivity index (χ1n) is 7.98. The lowest BCUT2D eigenvalue weighted by Gasteiger charge is -2.31. The van der Waals surface area contributed by atoms with E-state index in [1.54, 1.807) is 26.0 Å². The van der Waals surface area contributed by atoms with Crippen molar-refractivity contribution in [2.45, 2.75) is 25.9 Å². The third-order valence-corrected chi connectivity index (χ3v) is 4.48. The number of hydrogen-bond acceptors (Lipinski definition) is 2. The molecule has 1 aliphatic heterocycles. The molecule has 0 radical (unpaired) electrons. The Morgan fingerprint density at radius 1 is 1.27 bits per heavy atom. The number of halogens is 3. The number of anilines is 1. The Morgan fingerprint density at radius 3 is 2.69 bits per heavy atom. The molecule has 134 valence electrons. The lowest BCUT2D eigenvalue weighted by molar-refractivity contribution is -0.0871. The first-order valence-corrected chi connectivity index (χ1v) is 7.98. The van der Waals surface area contributed by atoms with Crippen LogP contribution in [0.4, 0.5) is 19.0 Å². The van der Waals surface area contributed by atoms with Gasteiger partial charge >= 0.3 is 5.92 Å². The van der Waals surface area contributed by atoms with Crippen molar-refractivity contribution in [3.63, 3.8) is 0 Å². The monoisotopic (exact) mass is 360 g/mol. The highest BCUT2D eigenvalue weighted by atomic mass is 19.3. The number of benzene rings is 1. The summed E-state index contributed by atoms with van der Waals surface area (Å²) in [6.45, 7) is 3.40. The summed E-state index contributed by atoms with van der Waals surface area (Å²) in [4.78, 5) is 12.6. The van der Waals surface area contributed by atoms with Gasteiger partial charge in [0.15, 0.2) is 5.82 Å². The first kappa shape index (κ1) is 16.4. The fraction of sp³-hybridized carbons (Fsp3) is 0.222. The number of nitrogens with zero attached hydrogens (tertiary/aromatic N) is 2. The number of rotatable bonds is 2. The minimum atomic E-state index is -3.73. The van der Waals surface area contributed by atoms with Crippen molar-refractivity contribution < 1.29 is 18.0 Å². The van der Waals surface area contributed by atoms with Crippen LogP contribution in [-0.2, 0) is 5.92 Å². The van der Waals surface area contributed by atoms with Crippen molar-refractivity contribution in [2.75, 3.05) is 5.32 Å². The molecule has 1 amide bonds. The maximum atomic E-state index is 14.8. The van der Waals surface area contributed by atoms with E-state index in [0.29, 0.717) is 5.69 Å². The lowest BCUT2D eigenvalue weighted by atomic mass is 9.94. The van der Waals surface area contributed by atoms with Crippen molar-refractivity contribution in [3.05, 3.63) is 64.6 Å². The van der Waals surface area contributed by atoms with E-state index in [2.05, 4.69) is 15.5 Å². The van der Waals surface area contributed by atoms with Crippen molar-refractivity contribution in [1.82, 2.24) is 14.8 Å². The van der Waals surface area contributed by atoms with Crippen molar-refractivity contribution in [1.29, 1.82) is 0 Å². The quantitative estimate of drug-likeness (QED) is 0.720. The van der Waals surface area contributed by atoms with Crippen LogP contribution < -0.4 is 5.32 Å². The molecule has 26 heavy (non-hydrogen) atoms. The van der Waals surface area contributed by atoms with Gasteiger partial charge < -0.3 is 9.88 Å². The van der Waals surface area contributed by atoms with E-state index in [0.717, 1.165) is 5.69 Å². The minimum absolute atomic E-state index is 0.134. The van der Waals surface area contributed by atoms with Gasteiger partial charge in [-0.25, -0.2) is 4.39 Å². The number of aromatic amines is 1. The maximum Gasteiger partial charge on any atom is 0.311 e. The fourth-order valence-corrected chi connectivity index (χ4v) is 3.33. The molecule has 0 fully saturated rings. The molecule has 1 aromatic carbocycles. The normalized spacial score (nSPS) is 17.5. The standard InChI is InChI=1S/C18H15F3N4O/c1-9-7-14(24-23-9)22-17(26)11-8-10(2)25-13-6-4-3-5-12(13)18(20,21)16(19)15(11)25/h3-8,16H,1-2H3,(H2,22,23,24,26). The lowest BCUT2D eigenvalue weighted by Crippen LogP contribution is -2.31. The number of aryl methyl sites for hydroxylation is 2. The molecule has 2 aromatic heterocycles. The van der Waals surface area contributed by atoms with Crippen molar-refractivity contribution in [2.24, 2.45) is 0 Å². The van der Waals surface area contributed by atoms with Gasteiger partial charge in [-0.1, -0.05) is 18.2 Å². The van der Waals surface area contributed by atoms with Crippen LogP contribution in [0.3, 0.4) is 0 Å². The Kier molecular flexibility index (Phi) is 3.47. The first-order chi connectivity index (χ1) is 12.3. The number of para-hydroxylation sites is 1. The van der Waals surface area contributed by atoms with Gasteiger partial charge in [0, 0.05) is 23.0 Å². The number of amides is 1. The topological polar surface area (TPSA) is 62.7 Å². The highest BCUT2D eigenvalue weighted by Gasteiger charge is 2.51. The number of nitrogens with one attached hydrogen (secondary N) is 2. The number of fused-ring (bicyclic) bond motifs is 3. The molecule has 1 aliphatic rings. The van der Waals surface area contributed by atoms with Crippen molar-refractivity contribution in [3.8, 4) is 5.69 Å². The number of carbonyl (C=O) groups is 1. The average Bonchev–Trinajstić information content (AvgIpc) is 3.16. The summed E-state index contributed by atoms with van der Waals surface area (Å²) in [6, 6.07) is 8.74. The van der Waals surface area contributed by atoms with Crippen LogP contribution in [-0.4, -0.2) is 20.7 Å². The third kappa shape index (κ3) is 2.25. The molecule has 0 saturated carbocycles. The zero-order valence-corrected chi connectivity index (χ0v) is 14.0. The van der Waals surface area contributed by atoms with Gasteiger partial charge in [0.1, 0.15) is 0 Å². The van der Waals surface area contributed by atoms with Gasteiger partial charge in [-0.05, 0) is 26.0 Å². The smallest absolute Gasteiger partial charge is 0.311 e. The Balaban J connectivity index is 1.85. The second kappa shape index (κ2) is 5.48. The molecule has 4 rings (SSSR count). The molecule has 3 heterocycles.